The van der Waals surface area contributed by atoms with Crippen LogP contribution in [0.25, 0.3) is 5.76 Å². The van der Waals surface area contributed by atoms with Gasteiger partial charge in [0.1, 0.15) is 11.5 Å². The van der Waals surface area contributed by atoms with Gasteiger partial charge in [-0.2, -0.15) is 0 Å². The SMILES string of the molecule is COc1ccc(C(=O)C=CC2=C(c3ccc(OC)c(OC)c3)Oc3ccccc3C2c2ccccc2C)cc1OC. The van der Waals surface area contributed by atoms with Crippen LogP contribution in [0.1, 0.15) is 38.5 Å². The lowest BCUT2D eigenvalue weighted by Crippen LogP contribution is -2.16. The molecule has 4 aromatic carbocycles. The molecule has 0 radical (unpaired) electrons. The Bertz CT molecular complexity index is 1650. The van der Waals surface area contributed by atoms with Crippen LogP contribution in [-0.4, -0.2) is 34.2 Å². The molecular formula is C35H32O6. The number of methoxy groups -OCH3 is 4. The van der Waals surface area contributed by atoms with Gasteiger partial charge in [-0.3, -0.25) is 4.79 Å². The van der Waals surface area contributed by atoms with Gasteiger partial charge in [0, 0.05) is 28.2 Å². The van der Waals surface area contributed by atoms with Crippen molar-refractivity contribution in [2.75, 3.05) is 28.4 Å². The number of benzene rings is 4. The molecule has 5 rings (SSSR count). The van der Waals surface area contributed by atoms with Crippen LogP contribution in [0.5, 0.6) is 28.7 Å². The first-order valence-electron chi connectivity index (χ1n) is 13.2. The Morgan fingerprint density at radius 1 is 0.707 bits per heavy atom. The van der Waals surface area contributed by atoms with E-state index in [-0.39, 0.29) is 11.7 Å². The highest BCUT2D eigenvalue weighted by molar-refractivity contribution is 6.05. The standard InChI is InChI=1S/C35H32O6/c1-22-10-6-7-11-25(22)34-26-12-8-9-13-29(26)41-35(24-15-19-31(38-3)33(21-24)40-5)27(34)16-17-28(36)23-14-18-30(37-2)32(20-23)39-4/h6-21,34H,1-5H3. The highest BCUT2D eigenvalue weighted by Crippen LogP contribution is 2.47. The third-order valence-electron chi connectivity index (χ3n) is 7.24. The Morgan fingerprint density at radius 3 is 2.00 bits per heavy atom. The molecular weight excluding hydrogens is 516 g/mol. The van der Waals surface area contributed by atoms with Crippen molar-refractivity contribution >= 4 is 11.5 Å². The van der Waals surface area contributed by atoms with Crippen molar-refractivity contribution < 1.29 is 28.5 Å². The van der Waals surface area contributed by atoms with Gasteiger partial charge in [-0.15, -0.1) is 0 Å². The highest BCUT2D eigenvalue weighted by atomic mass is 16.5. The van der Waals surface area contributed by atoms with Gasteiger partial charge in [-0.25, -0.2) is 0 Å². The van der Waals surface area contributed by atoms with Crippen molar-refractivity contribution in [2.24, 2.45) is 0 Å². The van der Waals surface area contributed by atoms with E-state index < -0.39 is 0 Å². The molecule has 1 aliphatic rings. The van der Waals surface area contributed by atoms with Crippen molar-refractivity contribution in [1.82, 2.24) is 0 Å². The third-order valence-corrected chi connectivity index (χ3v) is 7.24. The number of hydrogen-bond donors (Lipinski definition) is 0. The van der Waals surface area contributed by atoms with Crippen molar-refractivity contribution in [2.45, 2.75) is 12.8 Å². The molecule has 0 N–H and O–H groups in total. The molecule has 0 amide bonds. The summed E-state index contributed by atoms with van der Waals surface area (Å²) in [6.07, 6.45) is 3.44. The van der Waals surface area contributed by atoms with Crippen LogP contribution in [0.15, 0.2) is 103 Å². The number of carbonyl (C=O) groups is 1. The number of ketones is 1. The van der Waals surface area contributed by atoms with E-state index in [0.717, 1.165) is 33.6 Å². The van der Waals surface area contributed by atoms with Gasteiger partial charge in [-0.05, 0) is 66.6 Å². The molecule has 0 bridgehead atoms. The fourth-order valence-electron chi connectivity index (χ4n) is 5.15. The molecule has 1 aliphatic heterocycles. The van der Waals surface area contributed by atoms with E-state index in [0.29, 0.717) is 34.3 Å². The summed E-state index contributed by atoms with van der Waals surface area (Å²) in [5.74, 6) is 3.28. The minimum absolute atomic E-state index is 0.174. The van der Waals surface area contributed by atoms with Gasteiger partial charge in [0.2, 0.25) is 0 Å². The topological polar surface area (TPSA) is 63.2 Å². The first-order chi connectivity index (χ1) is 20.0. The summed E-state index contributed by atoms with van der Waals surface area (Å²) in [5, 5.41) is 0. The fourth-order valence-corrected chi connectivity index (χ4v) is 5.15. The van der Waals surface area contributed by atoms with Gasteiger partial charge >= 0.3 is 0 Å². The second-order valence-corrected chi connectivity index (χ2v) is 9.55. The number of para-hydroxylation sites is 1. The van der Waals surface area contributed by atoms with E-state index in [2.05, 4.69) is 25.1 Å². The summed E-state index contributed by atoms with van der Waals surface area (Å²) in [5.41, 5.74) is 5.41. The van der Waals surface area contributed by atoms with E-state index >= 15 is 0 Å². The maximum Gasteiger partial charge on any atom is 0.185 e. The Hall–Kier alpha value is -4.97. The van der Waals surface area contributed by atoms with Crippen molar-refractivity contribution in [3.8, 4) is 28.7 Å². The Morgan fingerprint density at radius 2 is 1.32 bits per heavy atom. The van der Waals surface area contributed by atoms with Gasteiger partial charge < -0.3 is 23.7 Å². The maximum absolute atomic E-state index is 13.5. The van der Waals surface area contributed by atoms with E-state index in [4.69, 9.17) is 23.7 Å². The molecule has 0 saturated heterocycles. The number of hydrogen-bond acceptors (Lipinski definition) is 6. The first-order valence-corrected chi connectivity index (χ1v) is 13.2. The Kier molecular flexibility index (Phi) is 8.11. The first kappa shape index (κ1) is 27.6. The zero-order chi connectivity index (χ0) is 28.9. The zero-order valence-corrected chi connectivity index (χ0v) is 23.8. The molecule has 0 spiro atoms. The summed E-state index contributed by atoms with van der Waals surface area (Å²) < 4.78 is 28.4. The van der Waals surface area contributed by atoms with Crippen LogP contribution in [0.4, 0.5) is 0 Å². The number of ether oxygens (including phenoxy) is 5. The Labute approximate surface area is 240 Å². The molecule has 6 heteroatoms. The average molecular weight is 549 g/mol. The molecule has 1 unspecified atom stereocenters. The Balaban J connectivity index is 1.70. The third kappa shape index (κ3) is 5.41. The van der Waals surface area contributed by atoms with Crippen LogP contribution in [-0.2, 0) is 0 Å². The predicted octanol–water partition coefficient (Wildman–Crippen LogP) is 7.40. The smallest absolute Gasteiger partial charge is 0.185 e. The van der Waals surface area contributed by atoms with Crippen LogP contribution in [0.2, 0.25) is 0 Å². The van der Waals surface area contributed by atoms with Crippen LogP contribution < -0.4 is 23.7 Å². The number of fused-ring (bicyclic) bond motifs is 1. The van der Waals surface area contributed by atoms with E-state index in [1.807, 2.05) is 54.6 Å². The van der Waals surface area contributed by atoms with Gasteiger partial charge in [0.05, 0.1) is 28.4 Å². The molecule has 6 nitrogen and oxygen atoms in total. The second kappa shape index (κ2) is 12.0. The molecule has 1 atom stereocenters. The molecule has 1 heterocycles. The maximum atomic E-state index is 13.5. The summed E-state index contributed by atoms with van der Waals surface area (Å²) in [7, 11) is 6.32. The van der Waals surface area contributed by atoms with Crippen molar-refractivity contribution in [3.05, 3.63) is 130 Å². The molecule has 41 heavy (non-hydrogen) atoms. The number of allylic oxidation sites excluding steroid dienone is 3. The van der Waals surface area contributed by atoms with Crippen molar-refractivity contribution in [3.63, 3.8) is 0 Å². The normalized spacial score (nSPS) is 14.3. The zero-order valence-electron chi connectivity index (χ0n) is 23.8. The quantitative estimate of drug-likeness (QED) is 0.160. The summed E-state index contributed by atoms with van der Waals surface area (Å²) in [6, 6.07) is 27.1. The van der Waals surface area contributed by atoms with Crippen LogP contribution >= 0.6 is 0 Å². The highest BCUT2D eigenvalue weighted by Gasteiger charge is 2.31. The lowest BCUT2D eigenvalue weighted by Gasteiger charge is -2.31. The van der Waals surface area contributed by atoms with Gasteiger partial charge in [0.25, 0.3) is 0 Å². The summed E-state index contributed by atoms with van der Waals surface area (Å²) in [6.45, 7) is 2.10. The second-order valence-electron chi connectivity index (χ2n) is 9.55. The minimum atomic E-state index is -0.182. The van der Waals surface area contributed by atoms with E-state index in [9.17, 15) is 4.79 Å². The number of aryl methyl sites for hydroxylation is 1. The van der Waals surface area contributed by atoms with E-state index in [1.165, 1.54) is 0 Å². The van der Waals surface area contributed by atoms with Crippen LogP contribution in [0, 0.1) is 6.92 Å². The molecule has 0 saturated carbocycles. The molecule has 0 aromatic heterocycles. The molecule has 0 fully saturated rings. The lowest BCUT2D eigenvalue weighted by atomic mass is 9.79. The summed E-state index contributed by atoms with van der Waals surface area (Å²) >= 11 is 0. The molecule has 0 aliphatic carbocycles. The monoisotopic (exact) mass is 548 g/mol. The largest absolute Gasteiger partial charge is 0.493 e. The lowest BCUT2D eigenvalue weighted by molar-refractivity contribution is 0.104. The van der Waals surface area contributed by atoms with Gasteiger partial charge in [-0.1, -0.05) is 48.5 Å². The van der Waals surface area contributed by atoms with Crippen LogP contribution in [0.3, 0.4) is 0 Å². The molecule has 4 aromatic rings. The number of rotatable bonds is 9. The predicted molar refractivity (Wildman–Crippen MR) is 160 cm³/mol. The summed E-state index contributed by atoms with van der Waals surface area (Å²) in [4.78, 5) is 13.5. The number of carbonyl (C=O) groups excluding carboxylic acids is 1. The molecule has 208 valence electrons. The van der Waals surface area contributed by atoms with E-state index in [1.54, 1.807) is 52.7 Å². The van der Waals surface area contributed by atoms with Gasteiger partial charge in [0.15, 0.2) is 28.8 Å². The minimum Gasteiger partial charge on any atom is -0.493 e. The van der Waals surface area contributed by atoms with Crippen molar-refractivity contribution in [1.29, 1.82) is 0 Å². The fraction of sp³-hybridized carbons (Fsp3) is 0.171. The average Bonchev–Trinajstić information content (AvgIpc) is 3.02.